The number of carbonyl (C=O) groups excluding carboxylic acids is 1. The van der Waals surface area contributed by atoms with Crippen LogP contribution in [0.2, 0.25) is 0 Å². The normalized spacial score (nSPS) is 10.8. The van der Waals surface area contributed by atoms with Gasteiger partial charge in [-0.3, -0.25) is 20.2 Å². The maximum Gasteiger partial charge on any atom is 0.270 e. The zero-order valence-electron chi connectivity index (χ0n) is 15.9. The molecular weight excluding hydrogens is 390 g/mol. The molecule has 3 aromatic rings. The Balaban J connectivity index is 1.69. The number of carbonyl (C=O) groups is 1. The number of non-ortho nitro benzene ring substituents is 1. The van der Waals surface area contributed by atoms with Crippen molar-refractivity contribution < 1.29 is 14.5 Å². The van der Waals surface area contributed by atoms with E-state index in [4.69, 9.17) is 4.74 Å². The number of hydrogen-bond acceptors (Lipinski definition) is 6. The van der Waals surface area contributed by atoms with Crippen LogP contribution in [0.1, 0.15) is 17.4 Å². The van der Waals surface area contributed by atoms with Gasteiger partial charge in [0.1, 0.15) is 5.75 Å². The van der Waals surface area contributed by atoms with E-state index in [1.165, 1.54) is 35.6 Å². The van der Waals surface area contributed by atoms with Gasteiger partial charge < -0.3 is 4.74 Å². The molecule has 1 aromatic heterocycles. The van der Waals surface area contributed by atoms with Crippen molar-refractivity contribution in [1.29, 1.82) is 0 Å². The highest BCUT2D eigenvalue weighted by atomic mass is 32.1. The SMILES string of the molecule is CCOc1ccc(-c2nc(NC(=O)C=Cc3cccc([N+](=O)[O-])c3)sc2C)cc1. The second-order valence-corrected chi connectivity index (χ2v) is 7.26. The molecule has 1 amide bonds. The van der Waals surface area contributed by atoms with Gasteiger partial charge in [0, 0.05) is 28.6 Å². The van der Waals surface area contributed by atoms with Crippen molar-refractivity contribution in [2.24, 2.45) is 0 Å². The molecule has 0 spiro atoms. The third-order valence-electron chi connectivity index (χ3n) is 3.97. The van der Waals surface area contributed by atoms with Crippen LogP contribution in [0.3, 0.4) is 0 Å². The molecule has 1 N–H and O–H groups in total. The summed E-state index contributed by atoms with van der Waals surface area (Å²) in [5, 5.41) is 14.0. The Hall–Kier alpha value is -3.52. The summed E-state index contributed by atoms with van der Waals surface area (Å²) >= 11 is 1.38. The van der Waals surface area contributed by atoms with E-state index in [2.05, 4.69) is 10.3 Å². The predicted molar refractivity (Wildman–Crippen MR) is 114 cm³/mol. The molecule has 0 saturated carbocycles. The fraction of sp³-hybridized carbons (Fsp3) is 0.143. The third-order valence-corrected chi connectivity index (χ3v) is 4.86. The number of aryl methyl sites for hydroxylation is 1. The van der Waals surface area contributed by atoms with Gasteiger partial charge in [0.15, 0.2) is 5.13 Å². The molecule has 1 heterocycles. The first kappa shape index (κ1) is 20.2. The van der Waals surface area contributed by atoms with Gasteiger partial charge in [0.25, 0.3) is 5.69 Å². The summed E-state index contributed by atoms with van der Waals surface area (Å²) in [6, 6.07) is 13.7. The smallest absolute Gasteiger partial charge is 0.270 e. The fourth-order valence-corrected chi connectivity index (χ4v) is 3.49. The molecule has 0 aliphatic rings. The zero-order valence-corrected chi connectivity index (χ0v) is 16.7. The number of nitrogens with one attached hydrogen (secondary N) is 1. The fourth-order valence-electron chi connectivity index (χ4n) is 2.65. The van der Waals surface area contributed by atoms with E-state index in [1.54, 1.807) is 12.1 Å². The molecule has 8 heteroatoms. The van der Waals surface area contributed by atoms with Crippen LogP contribution >= 0.6 is 11.3 Å². The van der Waals surface area contributed by atoms with Gasteiger partial charge in [-0.2, -0.15) is 0 Å². The van der Waals surface area contributed by atoms with Crippen molar-refractivity contribution in [2.75, 3.05) is 11.9 Å². The Labute approximate surface area is 171 Å². The van der Waals surface area contributed by atoms with Crippen LogP contribution in [0, 0.1) is 17.0 Å². The van der Waals surface area contributed by atoms with E-state index >= 15 is 0 Å². The van der Waals surface area contributed by atoms with Crippen LogP contribution in [0.5, 0.6) is 5.75 Å². The van der Waals surface area contributed by atoms with Crippen LogP contribution in [0.15, 0.2) is 54.6 Å². The van der Waals surface area contributed by atoms with Gasteiger partial charge in [-0.1, -0.05) is 12.1 Å². The van der Waals surface area contributed by atoms with E-state index in [-0.39, 0.29) is 11.6 Å². The highest BCUT2D eigenvalue weighted by molar-refractivity contribution is 7.16. The third kappa shape index (κ3) is 5.26. The number of benzene rings is 2. The van der Waals surface area contributed by atoms with Gasteiger partial charge in [-0.25, -0.2) is 4.98 Å². The second kappa shape index (κ2) is 9.11. The topological polar surface area (TPSA) is 94.4 Å². The van der Waals surface area contributed by atoms with Crippen LogP contribution in [0.4, 0.5) is 10.8 Å². The molecule has 0 bridgehead atoms. The van der Waals surface area contributed by atoms with E-state index in [9.17, 15) is 14.9 Å². The van der Waals surface area contributed by atoms with E-state index in [0.717, 1.165) is 21.9 Å². The molecule has 3 rings (SSSR count). The Kier molecular flexibility index (Phi) is 6.36. The number of rotatable bonds is 7. The number of nitrogens with zero attached hydrogens (tertiary/aromatic N) is 2. The molecule has 148 valence electrons. The Morgan fingerprint density at radius 3 is 2.72 bits per heavy atom. The maximum atomic E-state index is 12.2. The zero-order chi connectivity index (χ0) is 20.8. The molecule has 0 fully saturated rings. The highest BCUT2D eigenvalue weighted by Crippen LogP contribution is 2.31. The number of amides is 1. The minimum absolute atomic E-state index is 0.0249. The van der Waals surface area contributed by atoms with Crippen molar-refractivity contribution >= 4 is 34.1 Å². The Morgan fingerprint density at radius 1 is 1.28 bits per heavy atom. The predicted octanol–water partition coefficient (Wildman–Crippen LogP) is 5.08. The maximum absolute atomic E-state index is 12.2. The number of aromatic nitrogens is 1. The summed E-state index contributed by atoms with van der Waals surface area (Å²) in [5.41, 5.74) is 2.29. The molecule has 0 unspecified atom stereocenters. The van der Waals surface area contributed by atoms with Crippen molar-refractivity contribution in [3.63, 3.8) is 0 Å². The lowest BCUT2D eigenvalue weighted by Gasteiger charge is -2.04. The van der Waals surface area contributed by atoms with Crippen LogP contribution in [-0.2, 0) is 4.79 Å². The minimum Gasteiger partial charge on any atom is -0.494 e. The summed E-state index contributed by atoms with van der Waals surface area (Å²) in [4.78, 5) is 28.0. The molecule has 0 saturated heterocycles. The van der Waals surface area contributed by atoms with Crippen LogP contribution in [-0.4, -0.2) is 22.4 Å². The van der Waals surface area contributed by atoms with Crippen molar-refractivity contribution in [2.45, 2.75) is 13.8 Å². The number of thiazole rings is 1. The summed E-state index contributed by atoms with van der Waals surface area (Å²) in [6.45, 7) is 4.48. The molecule has 29 heavy (non-hydrogen) atoms. The lowest BCUT2D eigenvalue weighted by molar-refractivity contribution is -0.384. The first-order valence-electron chi connectivity index (χ1n) is 8.90. The summed E-state index contributed by atoms with van der Waals surface area (Å²) in [6.07, 6.45) is 2.85. The lowest BCUT2D eigenvalue weighted by Crippen LogP contribution is -2.07. The molecule has 2 aromatic carbocycles. The van der Waals surface area contributed by atoms with Gasteiger partial charge >= 0.3 is 0 Å². The van der Waals surface area contributed by atoms with Gasteiger partial charge in [0.05, 0.1) is 17.2 Å². The lowest BCUT2D eigenvalue weighted by atomic mass is 10.1. The first-order chi connectivity index (χ1) is 14.0. The quantitative estimate of drug-likeness (QED) is 0.334. The molecule has 0 radical (unpaired) electrons. The van der Waals surface area contributed by atoms with E-state index in [1.807, 2.05) is 38.1 Å². The van der Waals surface area contributed by atoms with Crippen LogP contribution < -0.4 is 10.1 Å². The van der Waals surface area contributed by atoms with E-state index in [0.29, 0.717) is 17.3 Å². The highest BCUT2D eigenvalue weighted by Gasteiger charge is 2.11. The Morgan fingerprint density at radius 2 is 2.03 bits per heavy atom. The average Bonchev–Trinajstić information content (AvgIpc) is 3.07. The van der Waals surface area contributed by atoms with Crippen molar-refractivity contribution in [3.8, 4) is 17.0 Å². The summed E-state index contributed by atoms with van der Waals surface area (Å²) < 4.78 is 5.45. The number of nitro benzene ring substituents is 1. The minimum atomic E-state index is -0.474. The van der Waals surface area contributed by atoms with Crippen molar-refractivity contribution in [1.82, 2.24) is 4.98 Å². The standard InChI is InChI=1S/C21H19N3O4S/c1-3-28-18-10-8-16(9-11-18)20-14(2)29-21(23-20)22-19(25)12-7-15-5-4-6-17(13-15)24(26)27/h4-13H,3H2,1-2H3,(H,22,23,25). The first-order valence-corrected chi connectivity index (χ1v) is 9.72. The largest absolute Gasteiger partial charge is 0.494 e. The second-order valence-electron chi connectivity index (χ2n) is 6.06. The van der Waals surface area contributed by atoms with Gasteiger partial charge in [0.2, 0.25) is 5.91 Å². The monoisotopic (exact) mass is 409 g/mol. The van der Waals surface area contributed by atoms with E-state index < -0.39 is 4.92 Å². The summed E-state index contributed by atoms with van der Waals surface area (Å²) in [5.74, 6) is 0.437. The van der Waals surface area contributed by atoms with Gasteiger partial charge in [-0.05, 0) is 49.8 Å². The molecule has 7 nitrogen and oxygen atoms in total. The number of anilines is 1. The molecule has 0 aliphatic heterocycles. The van der Waals surface area contributed by atoms with Crippen molar-refractivity contribution in [3.05, 3.63) is 75.2 Å². The molecule has 0 aliphatic carbocycles. The average molecular weight is 409 g/mol. The summed E-state index contributed by atoms with van der Waals surface area (Å²) in [7, 11) is 0. The molecular formula is C21H19N3O4S. The number of hydrogen-bond donors (Lipinski definition) is 1. The van der Waals surface area contributed by atoms with Gasteiger partial charge in [-0.15, -0.1) is 11.3 Å². The number of nitro groups is 1. The molecule has 0 atom stereocenters. The Bertz CT molecular complexity index is 1060. The number of ether oxygens (including phenoxy) is 1. The van der Waals surface area contributed by atoms with Crippen LogP contribution in [0.25, 0.3) is 17.3 Å².